The number of hydrogen-bond acceptors (Lipinski definition) is 3. The van der Waals surface area contributed by atoms with Crippen LogP contribution in [0.5, 0.6) is 0 Å². The van der Waals surface area contributed by atoms with Gasteiger partial charge in [0, 0.05) is 50.9 Å². The van der Waals surface area contributed by atoms with E-state index >= 15 is 0 Å². The molecule has 14 rings (SSSR count). The predicted molar refractivity (Wildman–Crippen MR) is 354 cm³/mol. The summed E-state index contributed by atoms with van der Waals surface area (Å²) in [4.78, 5) is 8.59. The third-order valence-electron chi connectivity index (χ3n) is 25.0. The molecule has 0 amide bonds. The lowest BCUT2D eigenvalue weighted by Gasteiger charge is -2.52. The van der Waals surface area contributed by atoms with Crippen molar-refractivity contribution in [3.05, 3.63) is 146 Å². The van der Waals surface area contributed by atoms with E-state index in [4.69, 9.17) is 0 Å². The Bertz CT molecular complexity index is 3570. The van der Waals surface area contributed by atoms with E-state index in [1.807, 2.05) is 0 Å². The van der Waals surface area contributed by atoms with Crippen molar-refractivity contribution in [2.24, 2.45) is 0 Å². The molecule has 3 aliphatic heterocycles. The zero-order chi connectivity index (χ0) is 58.4. The van der Waals surface area contributed by atoms with E-state index in [2.05, 4.69) is 238 Å². The molecular weight excluding hydrogens is 990 g/mol. The largest absolute Gasteiger partial charge is 0.334 e. The van der Waals surface area contributed by atoms with Gasteiger partial charge in [0.05, 0.1) is 5.54 Å². The van der Waals surface area contributed by atoms with Gasteiger partial charge in [-0.1, -0.05) is 173 Å². The minimum Gasteiger partial charge on any atom is -0.334 e. The number of nitrogens with zero attached hydrogens (tertiary/aromatic N) is 3. The second kappa shape index (κ2) is 16.8. The van der Waals surface area contributed by atoms with Crippen LogP contribution in [0, 0.1) is 13.8 Å². The Balaban J connectivity index is 1.17. The van der Waals surface area contributed by atoms with Gasteiger partial charge in [-0.15, -0.1) is 0 Å². The average Bonchev–Trinajstić information content (AvgIpc) is 1.18. The van der Waals surface area contributed by atoms with Gasteiger partial charge >= 0.3 is 0 Å². The molecule has 6 aromatic carbocycles. The topological polar surface area (TPSA) is 9.72 Å². The maximum Gasteiger partial charge on any atom is 0.252 e. The highest BCUT2D eigenvalue weighted by atomic mass is 15.3. The Kier molecular flexibility index (Phi) is 11.2. The highest BCUT2D eigenvalue weighted by Crippen LogP contribution is 2.64. The van der Waals surface area contributed by atoms with Gasteiger partial charge in [-0.3, -0.25) is 0 Å². The van der Waals surface area contributed by atoms with Gasteiger partial charge in [0.15, 0.2) is 0 Å². The van der Waals surface area contributed by atoms with Gasteiger partial charge in [-0.25, -0.2) is 0 Å². The molecule has 2 atom stereocenters. The van der Waals surface area contributed by atoms with Gasteiger partial charge in [0.1, 0.15) is 0 Å². The van der Waals surface area contributed by atoms with E-state index in [0.29, 0.717) is 0 Å². The number of benzene rings is 6. The average molecular weight is 1090 g/mol. The van der Waals surface area contributed by atoms with Crippen molar-refractivity contribution in [1.82, 2.24) is 0 Å². The Morgan fingerprint density at radius 3 is 1.11 bits per heavy atom. The van der Waals surface area contributed by atoms with Crippen molar-refractivity contribution in [3.63, 3.8) is 0 Å². The summed E-state index contributed by atoms with van der Waals surface area (Å²) >= 11 is 0. The second-order valence-electron chi connectivity index (χ2n) is 34.1. The first-order valence-electron chi connectivity index (χ1n) is 32.5. The molecular formula is C78H98BN3. The molecule has 428 valence electrons. The van der Waals surface area contributed by atoms with Crippen molar-refractivity contribution in [3.8, 4) is 0 Å². The summed E-state index contributed by atoms with van der Waals surface area (Å²) in [5.74, 6) is 0. The van der Waals surface area contributed by atoms with Crippen LogP contribution in [-0.2, 0) is 48.7 Å². The molecule has 3 heterocycles. The fourth-order valence-corrected chi connectivity index (χ4v) is 18.8. The molecule has 8 aliphatic rings. The molecule has 0 radical (unpaired) electrons. The summed E-state index contributed by atoms with van der Waals surface area (Å²) in [6, 6.07) is 37.1. The normalized spacial score (nSPS) is 26.2. The van der Waals surface area contributed by atoms with E-state index in [1.54, 1.807) is 16.7 Å². The SMILES string of the molecule is Cc1cc(C)c2c(c1)C1(C)CCCCC1(C)N2c1cc2c3c(c1)N(c1ccc4c(c1)C(C)(C)CCC4(C)C)c1cc4c(cc1B3c1cc3c(cc1N2c1ccc2c(c1)C(C)(C)CCC2(C)C)C(C)(C)CCC3(C)C)C(C)(C)CCC4(C)C. The lowest BCUT2D eigenvalue weighted by molar-refractivity contribution is 0.195. The van der Waals surface area contributed by atoms with Crippen LogP contribution < -0.4 is 31.1 Å². The van der Waals surface area contributed by atoms with Crippen LogP contribution in [0.4, 0.5) is 45.5 Å². The monoisotopic (exact) mass is 1090 g/mol. The van der Waals surface area contributed by atoms with Crippen molar-refractivity contribution < 1.29 is 0 Å². The summed E-state index contributed by atoms with van der Waals surface area (Å²) < 4.78 is 0. The lowest BCUT2D eigenvalue weighted by atomic mass is 9.32. The quantitative estimate of drug-likeness (QED) is 0.163. The lowest BCUT2D eigenvalue weighted by Crippen LogP contribution is -2.62. The zero-order valence-electron chi connectivity index (χ0n) is 54.5. The molecule has 4 heteroatoms. The molecule has 0 spiro atoms. The Hall–Kier alpha value is -5.22. The molecule has 0 N–H and O–H groups in total. The standard InChI is InChI=1S/C78H98BN3/c1-47-37-48(2)68-60(38-47)77(19)27-21-22-28-78(77,20)82(68)51-41-65-67-66(42-51)81(50-24-26-53-55(40-50)72(9,10)32-30-70(53,5)6)64-46-59-57(74(13,14)34-36-76(59,17)18)44-62(64)79(67)61-43-56-58(75(15,16)35-33-73(56,11)12)45-63(61)80(65)49-23-25-52-54(39-49)71(7,8)31-29-69(52,3)4/h23-26,37-46H,21-22,27-36H2,1-20H3. The summed E-state index contributed by atoms with van der Waals surface area (Å²) in [7, 11) is 0. The molecule has 1 saturated carbocycles. The minimum absolute atomic E-state index is 0.00569. The van der Waals surface area contributed by atoms with Crippen LogP contribution >= 0.6 is 0 Å². The first-order chi connectivity index (χ1) is 38.1. The summed E-state index contributed by atoms with van der Waals surface area (Å²) in [5, 5.41) is 0. The number of hydrogen-bond donors (Lipinski definition) is 0. The van der Waals surface area contributed by atoms with Crippen LogP contribution in [0.25, 0.3) is 0 Å². The maximum absolute atomic E-state index is 2.93. The highest BCUT2D eigenvalue weighted by Gasteiger charge is 2.59. The zero-order valence-corrected chi connectivity index (χ0v) is 54.5. The van der Waals surface area contributed by atoms with E-state index in [-0.39, 0.29) is 61.0 Å². The number of anilines is 8. The van der Waals surface area contributed by atoms with Gasteiger partial charge in [0.25, 0.3) is 6.71 Å². The first kappa shape index (κ1) is 54.7. The van der Waals surface area contributed by atoms with E-state index in [9.17, 15) is 0 Å². The van der Waals surface area contributed by atoms with E-state index < -0.39 is 0 Å². The number of aryl methyl sites for hydroxylation is 2. The minimum atomic E-state index is -0.131. The summed E-state index contributed by atoms with van der Waals surface area (Å²) in [6.45, 7) is 50.4. The summed E-state index contributed by atoms with van der Waals surface area (Å²) in [6.07, 6.45) is 14.3. The van der Waals surface area contributed by atoms with Crippen molar-refractivity contribution in [1.29, 1.82) is 0 Å². The number of fused-ring (bicyclic) bond motifs is 11. The van der Waals surface area contributed by atoms with Crippen LogP contribution in [0.15, 0.2) is 84.9 Å². The van der Waals surface area contributed by atoms with Gasteiger partial charge in [-0.2, -0.15) is 0 Å². The van der Waals surface area contributed by atoms with Crippen molar-refractivity contribution in [2.45, 2.75) is 270 Å². The van der Waals surface area contributed by atoms with Crippen LogP contribution in [0.3, 0.4) is 0 Å². The molecule has 0 aromatic heterocycles. The van der Waals surface area contributed by atoms with Crippen molar-refractivity contribution >= 4 is 68.6 Å². The van der Waals surface area contributed by atoms with E-state index in [1.165, 1.54) is 177 Å². The van der Waals surface area contributed by atoms with Gasteiger partial charge in [-0.05, 0) is 249 Å². The van der Waals surface area contributed by atoms with Gasteiger partial charge in [0.2, 0.25) is 0 Å². The molecule has 0 saturated heterocycles. The Labute approximate surface area is 496 Å². The van der Waals surface area contributed by atoms with Crippen LogP contribution in [-0.4, -0.2) is 12.3 Å². The fourth-order valence-electron chi connectivity index (χ4n) is 18.8. The molecule has 2 unspecified atom stereocenters. The van der Waals surface area contributed by atoms with Gasteiger partial charge < -0.3 is 14.7 Å². The molecule has 82 heavy (non-hydrogen) atoms. The first-order valence-corrected chi connectivity index (χ1v) is 32.5. The molecule has 6 aromatic rings. The molecule has 1 fully saturated rings. The third-order valence-corrected chi connectivity index (χ3v) is 25.0. The Morgan fingerprint density at radius 2 is 0.695 bits per heavy atom. The molecule has 0 bridgehead atoms. The maximum atomic E-state index is 2.93. The molecule has 5 aliphatic carbocycles. The smallest absolute Gasteiger partial charge is 0.252 e. The number of rotatable bonds is 3. The molecule has 3 nitrogen and oxygen atoms in total. The van der Waals surface area contributed by atoms with Crippen LogP contribution in [0.1, 0.15) is 263 Å². The van der Waals surface area contributed by atoms with Crippen LogP contribution in [0.2, 0.25) is 0 Å². The fraction of sp³-hybridized carbons (Fsp3) is 0.538. The third kappa shape index (κ3) is 7.39. The summed E-state index contributed by atoms with van der Waals surface area (Å²) in [5.41, 5.74) is 32.0. The predicted octanol–water partition coefficient (Wildman–Crippen LogP) is 19.5. The Morgan fingerprint density at radius 1 is 0.329 bits per heavy atom. The highest BCUT2D eigenvalue weighted by molar-refractivity contribution is 7.00. The second-order valence-corrected chi connectivity index (χ2v) is 34.1. The van der Waals surface area contributed by atoms with Crippen molar-refractivity contribution in [2.75, 3.05) is 14.7 Å². The van der Waals surface area contributed by atoms with E-state index in [0.717, 1.165) is 6.42 Å².